The lowest BCUT2D eigenvalue weighted by Gasteiger charge is -2.24. The van der Waals surface area contributed by atoms with Crippen molar-refractivity contribution < 1.29 is 9.84 Å². The zero-order valence-electron chi connectivity index (χ0n) is 10.3. The Kier molecular flexibility index (Phi) is 4.62. The van der Waals surface area contributed by atoms with E-state index in [-0.39, 0.29) is 6.10 Å². The van der Waals surface area contributed by atoms with E-state index in [0.29, 0.717) is 17.9 Å². The third kappa shape index (κ3) is 3.19. The zero-order valence-corrected chi connectivity index (χ0v) is 10.3. The van der Waals surface area contributed by atoms with E-state index in [0.717, 1.165) is 26.2 Å². The molecule has 94 valence electrons. The largest absolute Gasteiger partial charge is 0.392 e. The van der Waals surface area contributed by atoms with Crippen LogP contribution in [0.5, 0.6) is 0 Å². The summed E-state index contributed by atoms with van der Waals surface area (Å²) in [5.74, 6) is 1.18. The average molecular weight is 227 g/mol. The summed E-state index contributed by atoms with van der Waals surface area (Å²) in [6.07, 6.45) is 6.04. The first kappa shape index (κ1) is 12.3. The Labute approximate surface area is 98.6 Å². The monoisotopic (exact) mass is 227 g/mol. The summed E-state index contributed by atoms with van der Waals surface area (Å²) >= 11 is 0. The van der Waals surface area contributed by atoms with Crippen LogP contribution in [0.15, 0.2) is 0 Å². The predicted molar refractivity (Wildman–Crippen MR) is 64.4 cm³/mol. The first-order valence-corrected chi connectivity index (χ1v) is 6.76. The van der Waals surface area contributed by atoms with Crippen molar-refractivity contribution in [3.63, 3.8) is 0 Å². The average Bonchev–Trinajstić information content (AvgIpc) is 2.95. The van der Waals surface area contributed by atoms with Crippen molar-refractivity contribution in [1.29, 1.82) is 0 Å². The molecule has 0 aromatic carbocycles. The van der Waals surface area contributed by atoms with Gasteiger partial charge in [-0.05, 0) is 38.0 Å². The van der Waals surface area contributed by atoms with Crippen LogP contribution in [0.3, 0.4) is 0 Å². The van der Waals surface area contributed by atoms with E-state index in [1.54, 1.807) is 0 Å². The molecule has 3 unspecified atom stereocenters. The van der Waals surface area contributed by atoms with Crippen molar-refractivity contribution in [1.82, 2.24) is 5.32 Å². The molecule has 0 spiro atoms. The number of aliphatic hydroxyl groups excluding tert-OH is 1. The van der Waals surface area contributed by atoms with Crippen LogP contribution in [-0.2, 0) is 4.74 Å². The second kappa shape index (κ2) is 5.99. The molecule has 1 aliphatic carbocycles. The normalized spacial score (nSPS) is 30.8. The van der Waals surface area contributed by atoms with Gasteiger partial charge >= 0.3 is 0 Å². The number of hydrogen-bond acceptors (Lipinski definition) is 3. The minimum Gasteiger partial charge on any atom is -0.392 e. The highest BCUT2D eigenvalue weighted by Crippen LogP contribution is 2.27. The number of hydrogen-bond donors (Lipinski definition) is 2. The van der Waals surface area contributed by atoms with Gasteiger partial charge in [0.2, 0.25) is 0 Å². The molecule has 1 aliphatic heterocycles. The van der Waals surface area contributed by atoms with E-state index >= 15 is 0 Å². The zero-order chi connectivity index (χ0) is 11.4. The molecule has 2 fully saturated rings. The van der Waals surface area contributed by atoms with Crippen LogP contribution in [0.4, 0.5) is 0 Å². The maximum absolute atomic E-state index is 10.0. The summed E-state index contributed by atoms with van der Waals surface area (Å²) in [6.45, 7) is 4.75. The molecule has 3 heteroatoms. The Bertz CT molecular complexity index is 176. The summed E-state index contributed by atoms with van der Waals surface area (Å²) < 4.78 is 5.38. The maximum Gasteiger partial charge on any atom is 0.0692 e. The first-order chi connectivity index (χ1) is 7.77. The van der Waals surface area contributed by atoms with Crippen molar-refractivity contribution in [2.24, 2.45) is 11.8 Å². The molecule has 0 radical (unpaired) electrons. The summed E-state index contributed by atoms with van der Waals surface area (Å²) in [4.78, 5) is 0. The van der Waals surface area contributed by atoms with Gasteiger partial charge in [-0.2, -0.15) is 0 Å². The number of rotatable bonds is 5. The molecule has 0 bridgehead atoms. The lowest BCUT2D eigenvalue weighted by atomic mass is 9.98. The molecule has 3 nitrogen and oxygen atoms in total. The smallest absolute Gasteiger partial charge is 0.0692 e. The van der Waals surface area contributed by atoms with Crippen molar-refractivity contribution >= 4 is 0 Å². The summed E-state index contributed by atoms with van der Waals surface area (Å²) in [5.41, 5.74) is 0. The molecule has 1 saturated heterocycles. The van der Waals surface area contributed by atoms with E-state index in [9.17, 15) is 5.11 Å². The number of nitrogens with one attached hydrogen (secondary N) is 1. The third-order valence-corrected chi connectivity index (χ3v) is 4.26. The van der Waals surface area contributed by atoms with Gasteiger partial charge in [0.1, 0.15) is 0 Å². The van der Waals surface area contributed by atoms with Gasteiger partial charge in [-0.3, -0.25) is 0 Å². The molecule has 0 aromatic heterocycles. The standard InChI is InChI=1S/C13H25NO2/c1-10(12-6-7-16-9-12)14-8-13(15)11-4-2-3-5-11/h10-15H,2-9H2,1H3. The summed E-state index contributed by atoms with van der Waals surface area (Å²) in [7, 11) is 0. The van der Waals surface area contributed by atoms with Crippen molar-refractivity contribution in [2.45, 2.75) is 51.2 Å². The lowest BCUT2D eigenvalue weighted by Crippen LogP contribution is -2.40. The fraction of sp³-hybridized carbons (Fsp3) is 1.00. The maximum atomic E-state index is 10.0. The summed E-state index contributed by atoms with van der Waals surface area (Å²) in [6, 6.07) is 0.471. The van der Waals surface area contributed by atoms with Crippen LogP contribution in [0.25, 0.3) is 0 Å². The highest BCUT2D eigenvalue weighted by Gasteiger charge is 2.26. The second-order valence-electron chi connectivity index (χ2n) is 5.43. The quantitative estimate of drug-likeness (QED) is 0.749. The Morgan fingerprint density at radius 2 is 2.00 bits per heavy atom. The van der Waals surface area contributed by atoms with Crippen LogP contribution < -0.4 is 5.32 Å². The molecule has 3 atom stereocenters. The van der Waals surface area contributed by atoms with E-state index in [1.165, 1.54) is 25.7 Å². The van der Waals surface area contributed by atoms with Gasteiger partial charge in [0.15, 0.2) is 0 Å². The van der Waals surface area contributed by atoms with Crippen molar-refractivity contribution in [2.75, 3.05) is 19.8 Å². The van der Waals surface area contributed by atoms with Gasteiger partial charge in [-0.1, -0.05) is 12.8 Å². The van der Waals surface area contributed by atoms with E-state index in [1.807, 2.05) is 0 Å². The summed E-state index contributed by atoms with van der Waals surface area (Å²) in [5, 5.41) is 13.5. The molecule has 1 heterocycles. The second-order valence-corrected chi connectivity index (χ2v) is 5.43. The molecule has 2 aliphatic rings. The Morgan fingerprint density at radius 3 is 2.62 bits per heavy atom. The van der Waals surface area contributed by atoms with Crippen LogP contribution in [-0.4, -0.2) is 37.0 Å². The Balaban J connectivity index is 1.65. The first-order valence-electron chi connectivity index (χ1n) is 6.76. The molecule has 0 amide bonds. The minimum absolute atomic E-state index is 0.146. The van der Waals surface area contributed by atoms with E-state index in [4.69, 9.17) is 4.74 Å². The fourth-order valence-electron chi connectivity index (χ4n) is 2.93. The minimum atomic E-state index is -0.146. The van der Waals surface area contributed by atoms with Crippen LogP contribution >= 0.6 is 0 Å². The predicted octanol–water partition coefficient (Wildman–Crippen LogP) is 1.55. The van der Waals surface area contributed by atoms with Gasteiger partial charge in [0, 0.05) is 19.2 Å². The van der Waals surface area contributed by atoms with Crippen molar-refractivity contribution in [3.8, 4) is 0 Å². The lowest BCUT2D eigenvalue weighted by molar-refractivity contribution is 0.102. The molecule has 2 rings (SSSR count). The van der Waals surface area contributed by atoms with Crippen LogP contribution in [0.2, 0.25) is 0 Å². The number of ether oxygens (including phenoxy) is 1. The molecular formula is C13H25NO2. The molecular weight excluding hydrogens is 202 g/mol. The van der Waals surface area contributed by atoms with Gasteiger partial charge in [0.25, 0.3) is 0 Å². The fourth-order valence-corrected chi connectivity index (χ4v) is 2.93. The van der Waals surface area contributed by atoms with Gasteiger partial charge in [-0.25, -0.2) is 0 Å². The highest BCUT2D eigenvalue weighted by atomic mass is 16.5. The SMILES string of the molecule is CC(NCC(O)C1CCCC1)C1CCOC1. The third-order valence-electron chi connectivity index (χ3n) is 4.26. The van der Waals surface area contributed by atoms with Gasteiger partial charge in [-0.15, -0.1) is 0 Å². The van der Waals surface area contributed by atoms with E-state index < -0.39 is 0 Å². The molecule has 0 aromatic rings. The molecule has 2 N–H and O–H groups in total. The Morgan fingerprint density at radius 1 is 1.25 bits per heavy atom. The van der Waals surface area contributed by atoms with Gasteiger partial charge < -0.3 is 15.2 Å². The van der Waals surface area contributed by atoms with Gasteiger partial charge in [0.05, 0.1) is 12.7 Å². The van der Waals surface area contributed by atoms with E-state index in [2.05, 4.69) is 12.2 Å². The molecule has 16 heavy (non-hydrogen) atoms. The van der Waals surface area contributed by atoms with Crippen LogP contribution in [0, 0.1) is 11.8 Å². The number of aliphatic hydroxyl groups is 1. The topological polar surface area (TPSA) is 41.5 Å². The molecule has 1 saturated carbocycles. The highest BCUT2D eigenvalue weighted by molar-refractivity contribution is 4.80. The van der Waals surface area contributed by atoms with Crippen molar-refractivity contribution in [3.05, 3.63) is 0 Å². The Hall–Kier alpha value is -0.120. The van der Waals surface area contributed by atoms with Crippen LogP contribution in [0.1, 0.15) is 39.0 Å².